The van der Waals surface area contributed by atoms with Gasteiger partial charge in [0.15, 0.2) is 0 Å². The van der Waals surface area contributed by atoms with Crippen molar-refractivity contribution in [2.45, 2.75) is 26.2 Å². The van der Waals surface area contributed by atoms with E-state index in [0.717, 1.165) is 5.19 Å². The van der Waals surface area contributed by atoms with E-state index in [9.17, 15) is 0 Å². The van der Waals surface area contributed by atoms with Crippen LogP contribution in [0.2, 0.25) is 26.2 Å². The van der Waals surface area contributed by atoms with Crippen molar-refractivity contribution in [2.24, 2.45) is 0 Å². The van der Waals surface area contributed by atoms with E-state index in [4.69, 9.17) is 16.5 Å². The summed E-state index contributed by atoms with van der Waals surface area (Å²) >= 11 is 0. The van der Waals surface area contributed by atoms with Gasteiger partial charge in [0.25, 0.3) is 0 Å². The minimum Gasteiger partial charge on any atom is -0.414 e. The maximum absolute atomic E-state index is 6.84. The van der Waals surface area contributed by atoms with Gasteiger partial charge in [-0.2, -0.15) is 0 Å². The minimum absolute atomic E-state index is 0.0459. The van der Waals surface area contributed by atoms with Gasteiger partial charge in [-0.05, 0) is 90.8 Å². The molecule has 1 heterocycles. The van der Waals surface area contributed by atoms with E-state index in [-0.39, 0.29) is 10.0 Å². The van der Waals surface area contributed by atoms with Gasteiger partial charge in [0.2, 0.25) is 0 Å². The third-order valence-corrected chi connectivity index (χ3v) is 19.1. The molecule has 8 rings (SSSR count). The molecule has 3 radical (unpaired) electrons. The molecule has 7 aromatic carbocycles. The molecule has 42 heavy (non-hydrogen) atoms. The van der Waals surface area contributed by atoms with Crippen LogP contribution in [0.5, 0.6) is 0 Å². The first kappa shape index (κ1) is 26.4. The first-order valence-corrected chi connectivity index (χ1v) is 22.0. The Kier molecular flexibility index (Phi) is 6.08. The van der Waals surface area contributed by atoms with Crippen molar-refractivity contribution < 1.29 is 16.5 Å². The molecule has 7 aromatic rings. The quantitative estimate of drug-likeness (QED) is 0.138. The summed E-state index contributed by atoms with van der Waals surface area (Å²) in [4.78, 5) is 0. The second-order valence-electron chi connectivity index (χ2n) is 11.9. The average Bonchev–Trinajstić information content (AvgIpc) is 2.98. The van der Waals surface area contributed by atoms with Gasteiger partial charge < -0.3 is 16.5 Å². The molecule has 8 heteroatoms. The molecule has 0 aromatic heterocycles. The van der Waals surface area contributed by atoms with Gasteiger partial charge in [0.05, 0.1) is 0 Å². The molecule has 0 atom stereocenters. The summed E-state index contributed by atoms with van der Waals surface area (Å²) in [6, 6.07) is 37.7. The van der Waals surface area contributed by atoms with E-state index in [1.165, 1.54) is 64.6 Å². The molecule has 0 saturated carbocycles. The van der Waals surface area contributed by atoms with Gasteiger partial charge in [-0.3, -0.25) is 0 Å². The van der Waals surface area contributed by atoms with E-state index in [1.807, 2.05) is 0 Å². The highest BCUT2D eigenvalue weighted by Crippen LogP contribution is 2.45. The smallest absolute Gasteiger partial charge is 0.413 e. The zero-order valence-corrected chi connectivity index (χ0v) is 27.9. The van der Waals surface area contributed by atoms with Gasteiger partial charge in [-0.1, -0.05) is 103 Å². The summed E-state index contributed by atoms with van der Waals surface area (Å²) in [7, 11) is -6.92. The number of rotatable bonds is 1. The Hall–Kier alpha value is -3.19. The molecule has 205 valence electrons. The Morgan fingerprint density at radius 3 is 1.64 bits per heavy atom. The molecule has 0 amide bonds. The second kappa shape index (κ2) is 9.66. The van der Waals surface area contributed by atoms with E-state index in [0.29, 0.717) is 0 Å². The molecule has 1 aliphatic heterocycles. The standard InChI is InChI=1S/C34H29O4Si4/c1-41(2)35-39-36-42(3,4)38-40(37-41)30-19-11-18-29-31(30)26-16-9-10-17-27(26)34-32-23-13-6-5-12-22(23)20-21-28(32)24-14-7-8-15-25(24)33(29)34/h5-21H,1-4H3. The zero-order chi connectivity index (χ0) is 28.6. The first-order valence-electron chi connectivity index (χ1n) is 14.3. The molecular formula is C34H29O4Si4. The fourth-order valence-electron chi connectivity index (χ4n) is 6.49. The Morgan fingerprint density at radius 1 is 0.452 bits per heavy atom. The summed E-state index contributed by atoms with van der Waals surface area (Å²) in [5.41, 5.74) is 0. The first-order chi connectivity index (χ1) is 20.3. The predicted molar refractivity (Wildman–Crippen MR) is 182 cm³/mol. The van der Waals surface area contributed by atoms with Crippen LogP contribution in [0, 0.1) is 0 Å². The van der Waals surface area contributed by atoms with Crippen molar-refractivity contribution in [3.05, 3.63) is 103 Å². The van der Waals surface area contributed by atoms with Gasteiger partial charge in [0, 0.05) is 5.19 Å². The summed E-state index contributed by atoms with van der Waals surface area (Å²) in [6.07, 6.45) is 0. The molecule has 0 spiro atoms. The summed E-state index contributed by atoms with van der Waals surface area (Å²) in [5.74, 6) is 0. The van der Waals surface area contributed by atoms with Crippen molar-refractivity contribution in [1.82, 2.24) is 0 Å². The number of benzene rings is 7. The molecule has 0 N–H and O–H groups in total. The second-order valence-corrected chi connectivity index (χ2v) is 22.0. The van der Waals surface area contributed by atoms with E-state index < -0.39 is 26.4 Å². The van der Waals surface area contributed by atoms with E-state index in [2.05, 4.69) is 129 Å². The molecule has 1 saturated heterocycles. The van der Waals surface area contributed by atoms with E-state index in [1.54, 1.807) is 0 Å². The van der Waals surface area contributed by atoms with Gasteiger partial charge in [-0.15, -0.1) is 0 Å². The Bertz CT molecular complexity index is 2190. The number of fused-ring (bicyclic) bond motifs is 13. The lowest BCUT2D eigenvalue weighted by atomic mass is 9.85. The maximum Gasteiger partial charge on any atom is 0.413 e. The molecule has 0 unspecified atom stereocenters. The lowest BCUT2D eigenvalue weighted by Gasteiger charge is -2.36. The third-order valence-electron chi connectivity index (χ3n) is 8.19. The largest absolute Gasteiger partial charge is 0.414 e. The zero-order valence-electron chi connectivity index (χ0n) is 23.9. The number of hydrogen-bond donors (Lipinski definition) is 0. The van der Waals surface area contributed by atoms with Crippen LogP contribution in [0.4, 0.5) is 0 Å². The normalized spacial score (nSPS) is 17.8. The molecule has 4 nitrogen and oxygen atoms in total. The van der Waals surface area contributed by atoms with Gasteiger partial charge in [0.1, 0.15) is 0 Å². The van der Waals surface area contributed by atoms with Crippen molar-refractivity contribution in [3.8, 4) is 0 Å². The number of hydrogen-bond acceptors (Lipinski definition) is 4. The summed E-state index contributed by atoms with van der Waals surface area (Å²) in [6.45, 7) is 8.34. The van der Waals surface area contributed by atoms with E-state index >= 15 is 0 Å². The molecule has 1 aliphatic rings. The van der Waals surface area contributed by atoms with Crippen LogP contribution in [-0.2, 0) is 16.5 Å². The van der Waals surface area contributed by atoms with Crippen molar-refractivity contribution in [1.29, 1.82) is 0 Å². The fraction of sp³-hybridized carbons (Fsp3) is 0.118. The Morgan fingerprint density at radius 2 is 0.952 bits per heavy atom. The highest BCUT2D eigenvalue weighted by Gasteiger charge is 2.42. The van der Waals surface area contributed by atoms with Crippen molar-refractivity contribution >= 4 is 106 Å². The highest BCUT2D eigenvalue weighted by molar-refractivity contribution is 6.86. The van der Waals surface area contributed by atoms with Gasteiger partial charge in [-0.25, -0.2) is 0 Å². The highest BCUT2D eigenvalue weighted by atomic mass is 28.5. The van der Waals surface area contributed by atoms with Crippen molar-refractivity contribution in [2.75, 3.05) is 0 Å². The van der Waals surface area contributed by atoms with Crippen LogP contribution in [0.1, 0.15) is 0 Å². The fourth-order valence-corrected chi connectivity index (χ4v) is 15.4. The maximum atomic E-state index is 6.84. The summed E-state index contributed by atoms with van der Waals surface area (Å²) in [5, 5.41) is 16.2. The average molecular weight is 614 g/mol. The predicted octanol–water partition coefficient (Wildman–Crippen LogP) is 8.32. The molecular weight excluding hydrogens is 585 g/mol. The van der Waals surface area contributed by atoms with Crippen LogP contribution >= 0.6 is 0 Å². The minimum atomic E-state index is -2.47. The summed E-state index contributed by atoms with van der Waals surface area (Å²) < 4.78 is 26.0. The van der Waals surface area contributed by atoms with Crippen LogP contribution in [-0.4, -0.2) is 36.4 Å². The monoisotopic (exact) mass is 613 g/mol. The molecule has 0 bridgehead atoms. The SMILES string of the molecule is C[Si]1(C)O[Si]O[Si](C)(C)O[Si](c2cccc3c2c2ccccc2c2c4c5ccccc5ccc4c4ccccc4c32)O1. The van der Waals surface area contributed by atoms with Gasteiger partial charge >= 0.3 is 36.4 Å². The topological polar surface area (TPSA) is 36.9 Å². The lowest BCUT2D eigenvalue weighted by Crippen LogP contribution is -2.57. The third kappa shape index (κ3) is 4.14. The van der Waals surface area contributed by atoms with Crippen LogP contribution in [0.15, 0.2) is 103 Å². The molecule has 1 fully saturated rings. The molecule has 0 aliphatic carbocycles. The van der Waals surface area contributed by atoms with Crippen LogP contribution in [0.3, 0.4) is 0 Å². The Labute approximate surface area is 251 Å². The van der Waals surface area contributed by atoms with Crippen LogP contribution in [0.25, 0.3) is 64.6 Å². The lowest BCUT2D eigenvalue weighted by molar-refractivity contribution is 0.281. The Balaban J connectivity index is 1.60. The van der Waals surface area contributed by atoms with Crippen LogP contribution < -0.4 is 5.19 Å². The van der Waals surface area contributed by atoms with Crippen molar-refractivity contribution in [3.63, 3.8) is 0 Å².